The van der Waals surface area contributed by atoms with Gasteiger partial charge in [-0.15, -0.1) is 0 Å². The Morgan fingerprint density at radius 2 is 1.53 bits per heavy atom. The minimum absolute atomic E-state index is 0.103. The van der Waals surface area contributed by atoms with Gasteiger partial charge in [0.2, 0.25) is 0 Å². The number of nitrogens with zero attached hydrogens (tertiary/aromatic N) is 1. The molecule has 1 fully saturated rings. The lowest BCUT2D eigenvalue weighted by Gasteiger charge is -2.32. The Hall–Kier alpha value is -3.64. The zero-order valence-corrected chi connectivity index (χ0v) is 19.1. The molecular formula is C27H23ClN2O4. The van der Waals surface area contributed by atoms with Crippen LogP contribution in [0.3, 0.4) is 0 Å². The number of carboxylic acid groups (broad SMARTS) is 1. The summed E-state index contributed by atoms with van der Waals surface area (Å²) in [6.07, 6.45) is 1.96. The number of anilines is 2. The highest BCUT2D eigenvalue weighted by Gasteiger charge is 2.41. The Labute approximate surface area is 202 Å². The van der Waals surface area contributed by atoms with Gasteiger partial charge in [-0.05, 0) is 66.3 Å². The van der Waals surface area contributed by atoms with Crippen molar-refractivity contribution >= 4 is 40.8 Å². The molecule has 2 aliphatic rings. The summed E-state index contributed by atoms with van der Waals surface area (Å²) < 4.78 is 0. The molecule has 5 rings (SSSR count). The van der Waals surface area contributed by atoms with Crippen LogP contribution in [0.1, 0.15) is 28.8 Å². The molecule has 7 heteroatoms. The highest BCUT2D eigenvalue weighted by molar-refractivity contribution is 6.30. The molecule has 3 aromatic rings. The van der Waals surface area contributed by atoms with Gasteiger partial charge < -0.3 is 10.4 Å². The first-order valence-electron chi connectivity index (χ1n) is 11.2. The molecule has 0 spiro atoms. The van der Waals surface area contributed by atoms with Crippen molar-refractivity contribution in [1.29, 1.82) is 0 Å². The second-order valence-corrected chi connectivity index (χ2v) is 9.19. The van der Waals surface area contributed by atoms with Gasteiger partial charge in [-0.1, -0.05) is 48.0 Å². The van der Waals surface area contributed by atoms with E-state index in [9.17, 15) is 19.5 Å². The number of carbonyl (C=O) groups excluding carboxylic acids is 2. The second kappa shape index (κ2) is 8.95. The summed E-state index contributed by atoms with van der Waals surface area (Å²) in [5.41, 5.74) is 5.05. The van der Waals surface area contributed by atoms with Gasteiger partial charge in [0.15, 0.2) is 5.78 Å². The van der Waals surface area contributed by atoms with E-state index in [1.165, 1.54) is 0 Å². The van der Waals surface area contributed by atoms with Crippen LogP contribution in [0, 0.1) is 11.8 Å². The molecule has 0 radical (unpaired) electrons. The van der Waals surface area contributed by atoms with Crippen molar-refractivity contribution in [2.24, 2.45) is 11.8 Å². The van der Waals surface area contributed by atoms with E-state index < -0.39 is 17.8 Å². The number of nitrogens with one attached hydrogen (secondary N) is 1. The number of fused-ring (bicyclic) bond motifs is 1. The van der Waals surface area contributed by atoms with Crippen molar-refractivity contribution in [1.82, 2.24) is 0 Å². The number of hydrogen-bond donors (Lipinski definition) is 2. The van der Waals surface area contributed by atoms with Gasteiger partial charge in [-0.3, -0.25) is 14.5 Å². The Bertz CT molecular complexity index is 1270. The van der Waals surface area contributed by atoms with Crippen molar-refractivity contribution in [3.8, 4) is 11.1 Å². The van der Waals surface area contributed by atoms with Gasteiger partial charge in [-0.25, -0.2) is 4.79 Å². The molecule has 34 heavy (non-hydrogen) atoms. The number of carboxylic acids is 1. The highest BCUT2D eigenvalue weighted by Crippen LogP contribution is 2.37. The fourth-order valence-electron chi connectivity index (χ4n) is 4.67. The van der Waals surface area contributed by atoms with Crippen molar-refractivity contribution < 1.29 is 19.5 Å². The third-order valence-corrected chi connectivity index (χ3v) is 6.98. The van der Waals surface area contributed by atoms with Crippen molar-refractivity contribution in [3.63, 3.8) is 0 Å². The number of aliphatic carboxylic acids is 1. The summed E-state index contributed by atoms with van der Waals surface area (Å²) in [6.45, 7) is 0.610. The molecule has 0 bridgehead atoms. The number of hydrogen-bond acceptors (Lipinski definition) is 3. The van der Waals surface area contributed by atoms with Crippen LogP contribution in [0.15, 0.2) is 66.7 Å². The monoisotopic (exact) mass is 474 g/mol. The largest absolute Gasteiger partial charge is 0.481 e. The van der Waals surface area contributed by atoms with E-state index in [4.69, 9.17) is 11.6 Å². The van der Waals surface area contributed by atoms with Gasteiger partial charge in [-0.2, -0.15) is 0 Å². The normalized spacial score (nSPS) is 18.7. The van der Waals surface area contributed by atoms with Crippen LogP contribution >= 0.6 is 11.6 Å². The maximum Gasteiger partial charge on any atom is 0.326 e. The lowest BCUT2D eigenvalue weighted by atomic mass is 9.70. The van der Waals surface area contributed by atoms with Crippen LogP contribution in [0.2, 0.25) is 5.02 Å². The van der Waals surface area contributed by atoms with E-state index in [0.29, 0.717) is 35.7 Å². The molecule has 0 aromatic heterocycles. The predicted molar refractivity (Wildman–Crippen MR) is 132 cm³/mol. The number of ketones is 1. The topological polar surface area (TPSA) is 86.7 Å². The molecule has 2 N–H and O–H groups in total. The van der Waals surface area contributed by atoms with E-state index in [2.05, 4.69) is 5.32 Å². The number of urea groups is 1. The van der Waals surface area contributed by atoms with Gasteiger partial charge in [0.1, 0.15) is 0 Å². The third-order valence-electron chi connectivity index (χ3n) is 6.75. The molecular weight excluding hydrogens is 452 g/mol. The Kier molecular flexibility index (Phi) is 5.84. The van der Waals surface area contributed by atoms with Crippen LogP contribution in [-0.2, 0) is 11.2 Å². The number of halogens is 1. The van der Waals surface area contributed by atoms with E-state index in [0.717, 1.165) is 28.8 Å². The summed E-state index contributed by atoms with van der Waals surface area (Å²) in [5, 5.41) is 12.8. The molecule has 1 heterocycles. The number of benzene rings is 3. The Morgan fingerprint density at radius 3 is 2.15 bits per heavy atom. The summed E-state index contributed by atoms with van der Waals surface area (Å²) in [7, 11) is 0. The maximum absolute atomic E-state index is 12.8. The van der Waals surface area contributed by atoms with E-state index >= 15 is 0 Å². The summed E-state index contributed by atoms with van der Waals surface area (Å²) >= 11 is 6.05. The van der Waals surface area contributed by atoms with Gasteiger partial charge in [0.05, 0.1) is 5.92 Å². The standard InChI is InChI=1S/C27H23ClN2O4/c28-20-7-12-24-19(15-20)13-14-30(24)27(34)29-21-8-5-17(6-9-21)16-1-3-18(4-2-16)25(31)22-10-11-23(22)26(32)33/h1-9,12,15,22-23H,10-11,13-14H2,(H,29,34)(H,32,33). The summed E-state index contributed by atoms with van der Waals surface area (Å²) in [6, 6.07) is 20.1. The van der Waals surface area contributed by atoms with Gasteiger partial charge in [0.25, 0.3) is 0 Å². The average Bonchev–Trinajstić information content (AvgIpc) is 3.22. The molecule has 1 saturated carbocycles. The zero-order chi connectivity index (χ0) is 23.8. The van der Waals surface area contributed by atoms with Crippen LogP contribution in [0.5, 0.6) is 0 Å². The van der Waals surface area contributed by atoms with E-state index in [-0.39, 0.29) is 11.8 Å². The number of amides is 2. The first kappa shape index (κ1) is 22.2. The number of rotatable bonds is 5. The smallest absolute Gasteiger partial charge is 0.326 e. The summed E-state index contributed by atoms with van der Waals surface area (Å²) in [4.78, 5) is 38.3. The first-order chi connectivity index (χ1) is 16.4. The quantitative estimate of drug-likeness (QED) is 0.451. The lowest BCUT2D eigenvalue weighted by molar-refractivity contribution is -0.146. The average molecular weight is 475 g/mol. The molecule has 2 unspecified atom stereocenters. The molecule has 3 aromatic carbocycles. The van der Waals surface area contributed by atoms with Crippen molar-refractivity contribution in [2.45, 2.75) is 19.3 Å². The van der Waals surface area contributed by atoms with Crippen LogP contribution < -0.4 is 10.2 Å². The van der Waals surface area contributed by atoms with Crippen LogP contribution in [0.25, 0.3) is 11.1 Å². The first-order valence-corrected chi connectivity index (χ1v) is 11.6. The zero-order valence-electron chi connectivity index (χ0n) is 18.3. The predicted octanol–water partition coefficient (Wildman–Crippen LogP) is 5.90. The van der Waals surface area contributed by atoms with E-state index in [1.807, 2.05) is 48.5 Å². The van der Waals surface area contributed by atoms with E-state index in [1.54, 1.807) is 23.1 Å². The van der Waals surface area contributed by atoms with Crippen molar-refractivity contribution in [2.75, 3.05) is 16.8 Å². The van der Waals surface area contributed by atoms with Crippen LogP contribution in [-0.4, -0.2) is 29.4 Å². The minimum Gasteiger partial charge on any atom is -0.481 e. The second-order valence-electron chi connectivity index (χ2n) is 8.75. The van der Waals surface area contributed by atoms with Gasteiger partial charge in [0, 0.05) is 34.4 Å². The molecule has 6 nitrogen and oxygen atoms in total. The lowest BCUT2D eigenvalue weighted by Crippen LogP contribution is -2.38. The highest BCUT2D eigenvalue weighted by atomic mass is 35.5. The summed E-state index contributed by atoms with van der Waals surface area (Å²) in [5.74, 6) is -1.99. The number of carbonyl (C=O) groups is 3. The van der Waals surface area contributed by atoms with Crippen LogP contribution in [0.4, 0.5) is 16.2 Å². The molecule has 2 atom stereocenters. The fraction of sp³-hybridized carbons (Fsp3) is 0.222. The molecule has 2 amide bonds. The molecule has 0 saturated heterocycles. The van der Waals surface area contributed by atoms with Gasteiger partial charge >= 0.3 is 12.0 Å². The van der Waals surface area contributed by atoms with Crippen molar-refractivity contribution in [3.05, 3.63) is 82.9 Å². The maximum atomic E-state index is 12.8. The minimum atomic E-state index is -0.897. The molecule has 172 valence electrons. The third kappa shape index (κ3) is 4.17. The molecule has 1 aliphatic heterocycles. The molecule has 1 aliphatic carbocycles. The number of Topliss-reactive ketones (excluding diaryl/α,β-unsaturated/α-hetero) is 1. The SMILES string of the molecule is O=C(O)C1CCC1C(=O)c1ccc(-c2ccc(NC(=O)N3CCc4cc(Cl)ccc43)cc2)cc1. The Morgan fingerprint density at radius 1 is 0.882 bits per heavy atom. The Balaban J connectivity index is 1.24. The fourth-order valence-corrected chi connectivity index (χ4v) is 4.86.